The minimum absolute atomic E-state index is 0.284. The zero-order valence-electron chi connectivity index (χ0n) is 16.9. The van der Waals surface area contributed by atoms with Gasteiger partial charge in [-0.3, -0.25) is 0 Å². The third kappa shape index (κ3) is 4.59. The molecule has 0 fully saturated rings. The predicted molar refractivity (Wildman–Crippen MR) is 124 cm³/mol. The van der Waals surface area contributed by atoms with E-state index >= 15 is 0 Å². The lowest BCUT2D eigenvalue weighted by Gasteiger charge is -2.28. The van der Waals surface area contributed by atoms with Gasteiger partial charge in [-0.25, -0.2) is 9.48 Å². The summed E-state index contributed by atoms with van der Waals surface area (Å²) in [5.74, 6) is 0.803. The number of carbonyl (C=O) groups excluding carboxylic acids is 1. The van der Waals surface area contributed by atoms with E-state index in [0.29, 0.717) is 38.2 Å². The molecule has 1 aliphatic rings. The molecule has 0 radical (unpaired) electrons. The van der Waals surface area contributed by atoms with Gasteiger partial charge in [-0.05, 0) is 43.2 Å². The van der Waals surface area contributed by atoms with Crippen molar-refractivity contribution in [2.75, 3.05) is 11.9 Å². The molecule has 1 N–H and O–H groups in total. The number of rotatable bonds is 6. The van der Waals surface area contributed by atoms with Crippen LogP contribution in [0.25, 0.3) is 0 Å². The first kappa shape index (κ1) is 21.7. The Labute approximate surface area is 194 Å². The van der Waals surface area contributed by atoms with Gasteiger partial charge in [-0.2, -0.15) is 4.98 Å². The lowest BCUT2D eigenvalue weighted by molar-refractivity contribution is -0.139. The second-order valence-electron chi connectivity index (χ2n) is 6.88. The molecule has 160 valence electrons. The molecule has 0 bridgehead atoms. The molecule has 9 heteroatoms. The number of esters is 1. The fourth-order valence-corrected chi connectivity index (χ4v) is 4.62. The largest absolute Gasteiger partial charge is 0.463 e. The van der Waals surface area contributed by atoms with Crippen molar-refractivity contribution >= 4 is 46.9 Å². The van der Waals surface area contributed by atoms with Crippen molar-refractivity contribution < 1.29 is 9.53 Å². The standard InChI is InChI=1S/C22H20Cl2N4O2S/c1-3-30-20(29)18-13(2)25-21-26-22(31-12-15-6-4-5-7-17(15)24)27-28(21)19(18)14-8-10-16(23)11-9-14/h4-11,19H,3,12H2,1-2H3,(H,25,26,27)/t19-/m1/s1. The van der Waals surface area contributed by atoms with Gasteiger partial charge >= 0.3 is 5.97 Å². The van der Waals surface area contributed by atoms with Gasteiger partial charge < -0.3 is 10.1 Å². The van der Waals surface area contributed by atoms with Gasteiger partial charge in [-0.1, -0.05) is 65.3 Å². The SMILES string of the molecule is CCOC(=O)C1=C(C)Nc2nc(SCc3ccccc3Cl)nn2[C@@H]1c1ccc(Cl)cc1. The average Bonchev–Trinajstić information content (AvgIpc) is 3.15. The summed E-state index contributed by atoms with van der Waals surface area (Å²) in [5, 5.41) is 9.79. The van der Waals surface area contributed by atoms with Crippen LogP contribution in [-0.4, -0.2) is 27.3 Å². The third-order valence-corrected chi connectivity index (χ3v) is 6.34. The van der Waals surface area contributed by atoms with Crippen LogP contribution in [0.4, 0.5) is 5.95 Å². The van der Waals surface area contributed by atoms with Crippen molar-refractivity contribution in [3.63, 3.8) is 0 Å². The number of aromatic nitrogens is 3. The first-order valence-corrected chi connectivity index (χ1v) is 11.4. The fraction of sp³-hybridized carbons (Fsp3) is 0.227. The normalized spacial score (nSPS) is 15.4. The van der Waals surface area contributed by atoms with Crippen LogP contribution in [0.1, 0.15) is 31.0 Å². The Balaban J connectivity index is 1.70. The second kappa shape index (κ2) is 9.34. The summed E-state index contributed by atoms with van der Waals surface area (Å²) in [6, 6.07) is 14.6. The molecule has 0 saturated heterocycles. The zero-order valence-corrected chi connectivity index (χ0v) is 19.3. The Bertz CT molecular complexity index is 1140. The van der Waals surface area contributed by atoms with Gasteiger partial charge in [0.05, 0.1) is 12.2 Å². The van der Waals surface area contributed by atoms with E-state index in [1.807, 2.05) is 43.3 Å². The summed E-state index contributed by atoms with van der Waals surface area (Å²) < 4.78 is 7.04. The highest BCUT2D eigenvalue weighted by Crippen LogP contribution is 2.37. The highest BCUT2D eigenvalue weighted by atomic mass is 35.5. The molecule has 4 rings (SSSR count). The number of halogens is 2. The maximum absolute atomic E-state index is 12.8. The van der Waals surface area contributed by atoms with Crippen LogP contribution >= 0.6 is 35.0 Å². The monoisotopic (exact) mass is 474 g/mol. The van der Waals surface area contributed by atoms with Crippen LogP contribution < -0.4 is 5.32 Å². The molecule has 1 aliphatic heterocycles. The minimum Gasteiger partial charge on any atom is -0.463 e. The van der Waals surface area contributed by atoms with Crippen molar-refractivity contribution in [1.29, 1.82) is 0 Å². The Morgan fingerprint density at radius 1 is 1.19 bits per heavy atom. The smallest absolute Gasteiger partial charge is 0.338 e. The molecule has 0 spiro atoms. The van der Waals surface area contributed by atoms with Crippen molar-refractivity contribution in [2.24, 2.45) is 0 Å². The second-order valence-corrected chi connectivity index (χ2v) is 8.67. The number of carbonyl (C=O) groups is 1. The van der Waals surface area contributed by atoms with Crippen LogP contribution in [0.2, 0.25) is 10.0 Å². The van der Waals surface area contributed by atoms with E-state index in [1.54, 1.807) is 23.7 Å². The van der Waals surface area contributed by atoms with Crippen LogP contribution in [0.5, 0.6) is 0 Å². The summed E-state index contributed by atoms with van der Waals surface area (Å²) >= 11 is 13.8. The highest BCUT2D eigenvalue weighted by molar-refractivity contribution is 7.98. The van der Waals surface area contributed by atoms with Gasteiger partial charge in [0.25, 0.3) is 0 Å². The van der Waals surface area contributed by atoms with Crippen molar-refractivity contribution in [3.8, 4) is 0 Å². The molecule has 3 aromatic rings. The summed E-state index contributed by atoms with van der Waals surface area (Å²) in [5.41, 5.74) is 3.04. The van der Waals surface area contributed by atoms with E-state index in [0.717, 1.165) is 11.1 Å². The third-order valence-electron chi connectivity index (χ3n) is 4.83. The topological polar surface area (TPSA) is 69.0 Å². The molecular formula is C22H20Cl2N4O2S. The van der Waals surface area contributed by atoms with E-state index in [4.69, 9.17) is 33.0 Å². The maximum Gasteiger partial charge on any atom is 0.338 e. The minimum atomic E-state index is -0.477. The first-order chi connectivity index (χ1) is 15.0. The molecule has 31 heavy (non-hydrogen) atoms. The number of thioether (sulfide) groups is 1. The summed E-state index contributed by atoms with van der Waals surface area (Å²) in [6.07, 6.45) is 0. The number of nitrogens with one attached hydrogen (secondary N) is 1. The molecule has 1 aromatic heterocycles. The Morgan fingerprint density at radius 2 is 1.94 bits per heavy atom. The van der Waals surface area contributed by atoms with Gasteiger partial charge in [0.2, 0.25) is 11.1 Å². The van der Waals surface area contributed by atoms with E-state index in [9.17, 15) is 4.79 Å². The van der Waals surface area contributed by atoms with Crippen LogP contribution in [-0.2, 0) is 15.3 Å². The number of anilines is 1. The van der Waals surface area contributed by atoms with E-state index < -0.39 is 6.04 Å². The number of hydrogen-bond donors (Lipinski definition) is 1. The van der Waals surface area contributed by atoms with Gasteiger partial charge in [0.15, 0.2) is 0 Å². The molecule has 2 heterocycles. The van der Waals surface area contributed by atoms with Crippen LogP contribution in [0.3, 0.4) is 0 Å². The summed E-state index contributed by atoms with van der Waals surface area (Å²) in [6.45, 7) is 3.90. The number of fused-ring (bicyclic) bond motifs is 1. The number of allylic oxidation sites excluding steroid dienone is 1. The maximum atomic E-state index is 12.8. The molecule has 0 amide bonds. The number of nitrogens with zero attached hydrogens (tertiary/aromatic N) is 3. The van der Waals surface area contributed by atoms with Crippen LogP contribution in [0, 0.1) is 0 Å². The molecule has 0 aliphatic carbocycles. The summed E-state index contributed by atoms with van der Waals surface area (Å²) in [7, 11) is 0. The molecule has 1 atom stereocenters. The molecular weight excluding hydrogens is 455 g/mol. The van der Waals surface area contributed by atoms with Gasteiger partial charge in [0, 0.05) is 21.5 Å². The zero-order chi connectivity index (χ0) is 22.0. The fourth-order valence-electron chi connectivity index (χ4n) is 3.38. The van der Waals surface area contributed by atoms with E-state index in [2.05, 4.69) is 10.3 Å². The lowest BCUT2D eigenvalue weighted by atomic mass is 9.96. The van der Waals surface area contributed by atoms with Gasteiger partial charge in [-0.15, -0.1) is 5.10 Å². The Hall–Kier alpha value is -2.48. The molecule has 6 nitrogen and oxygen atoms in total. The Morgan fingerprint density at radius 3 is 2.65 bits per heavy atom. The van der Waals surface area contributed by atoms with Gasteiger partial charge in [0.1, 0.15) is 6.04 Å². The van der Waals surface area contributed by atoms with Crippen molar-refractivity contribution in [3.05, 3.63) is 81.0 Å². The highest BCUT2D eigenvalue weighted by Gasteiger charge is 2.35. The van der Waals surface area contributed by atoms with E-state index in [-0.39, 0.29) is 12.6 Å². The quantitative estimate of drug-likeness (QED) is 0.363. The molecule has 2 aromatic carbocycles. The lowest BCUT2D eigenvalue weighted by Crippen LogP contribution is -2.29. The van der Waals surface area contributed by atoms with Crippen molar-refractivity contribution in [2.45, 2.75) is 30.8 Å². The number of benzene rings is 2. The number of hydrogen-bond acceptors (Lipinski definition) is 6. The predicted octanol–water partition coefficient (Wildman–Crippen LogP) is 5.73. The summed E-state index contributed by atoms with van der Waals surface area (Å²) in [4.78, 5) is 17.4. The van der Waals surface area contributed by atoms with Crippen LogP contribution in [0.15, 0.2) is 65.0 Å². The van der Waals surface area contributed by atoms with E-state index in [1.165, 1.54) is 11.8 Å². The number of ether oxygens (including phenoxy) is 1. The average molecular weight is 475 g/mol. The molecule has 0 saturated carbocycles. The van der Waals surface area contributed by atoms with Crippen molar-refractivity contribution in [1.82, 2.24) is 14.8 Å². The first-order valence-electron chi connectivity index (χ1n) is 9.71. The Kier molecular flexibility index (Phi) is 6.55. The molecule has 0 unspecified atom stereocenters.